The number of carbonyl (C=O) groups excluding carboxylic acids is 1. The van der Waals surface area contributed by atoms with Gasteiger partial charge in [0, 0.05) is 19.2 Å². The van der Waals surface area contributed by atoms with E-state index in [2.05, 4.69) is 15.3 Å². The molecule has 0 aliphatic carbocycles. The number of aromatic amines is 1. The van der Waals surface area contributed by atoms with Crippen molar-refractivity contribution in [3.8, 4) is 5.75 Å². The van der Waals surface area contributed by atoms with Crippen LogP contribution in [-0.4, -0.2) is 48.5 Å². The van der Waals surface area contributed by atoms with Gasteiger partial charge in [-0.3, -0.25) is 4.79 Å². The van der Waals surface area contributed by atoms with E-state index in [1.165, 1.54) is 11.8 Å². The van der Waals surface area contributed by atoms with Crippen molar-refractivity contribution >= 4 is 28.7 Å². The first-order valence-electron chi connectivity index (χ1n) is 6.57. The van der Waals surface area contributed by atoms with Crippen molar-refractivity contribution in [1.29, 1.82) is 0 Å². The molecule has 0 aliphatic rings. The van der Waals surface area contributed by atoms with Gasteiger partial charge >= 0.3 is 0 Å². The van der Waals surface area contributed by atoms with Gasteiger partial charge < -0.3 is 19.8 Å². The lowest BCUT2D eigenvalue weighted by molar-refractivity contribution is -0.119. The number of fused-ring (bicyclic) bond motifs is 1. The number of nitrogens with zero attached hydrogens (tertiary/aromatic N) is 1. The van der Waals surface area contributed by atoms with E-state index in [0.717, 1.165) is 16.8 Å². The summed E-state index contributed by atoms with van der Waals surface area (Å²) < 4.78 is 10.1. The van der Waals surface area contributed by atoms with E-state index < -0.39 is 0 Å². The fourth-order valence-corrected chi connectivity index (χ4v) is 2.60. The third-order valence-corrected chi connectivity index (χ3v) is 3.70. The smallest absolute Gasteiger partial charge is 0.230 e. The molecule has 0 fully saturated rings. The molecule has 114 valence electrons. The van der Waals surface area contributed by atoms with Crippen molar-refractivity contribution in [2.45, 2.75) is 18.1 Å². The Kier molecular flexibility index (Phi) is 5.46. The number of imidazole rings is 1. The van der Waals surface area contributed by atoms with Gasteiger partial charge in [0.05, 0.1) is 30.5 Å². The molecule has 0 bridgehead atoms. The van der Waals surface area contributed by atoms with E-state index in [4.69, 9.17) is 9.47 Å². The van der Waals surface area contributed by atoms with Crippen molar-refractivity contribution in [1.82, 2.24) is 15.3 Å². The normalized spacial score (nSPS) is 12.3. The zero-order valence-electron chi connectivity index (χ0n) is 12.3. The average Bonchev–Trinajstić information content (AvgIpc) is 2.87. The predicted molar refractivity (Wildman–Crippen MR) is 82.9 cm³/mol. The summed E-state index contributed by atoms with van der Waals surface area (Å²) in [6.45, 7) is 2.40. The zero-order chi connectivity index (χ0) is 15.2. The summed E-state index contributed by atoms with van der Waals surface area (Å²) in [6, 6.07) is 5.63. The van der Waals surface area contributed by atoms with Gasteiger partial charge in [0.1, 0.15) is 5.75 Å². The first-order chi connectivity index (χ1) is 10.1. The maximum atomic E-state index is 11.8. The lowest BCUT2D eigenvalue weighted by Gasteiger charge is -2.11. The number of rotatable bonds is 7. The molecule has 6 nitrogen and oxygen atoms in total. The van der Waals surface area contributed by atoms with Crippen LogP contribution in [0.5, 0.6) is 5.75 Å². The maximum absolute atomic E-state index is 11.8. The van der Waals surface area contributed by atoms with E-state index in [-0.39, 0.29) is 11.9 Å². The van der Waals surface area contributed by atoms with Crippen molar-refractivity contribution in [3.63, 3.8) is 0 Å². The van der Waals surface area contributed by atoms with Gasteiger partial charge in [0.15, 0.2) is 5.16 Å². The minimum atomic E-state index is -0.0393. The Morgan fingerprint density at radius 1 is 1.48 bits per heavy atom. The third-order valence-electron chi connectivity index (χ3n) is 2.83. The van der Waals surface area contributed by atoms with Crippen LogP contribution < -0.4 is 10.1 Å². The summed E-state index contributed by atoms with van der Waals surface area (Å²) in [6.07, 6.45) is 0. The van der Waals surface area contributed by atoms with Gasteiger partial charge in [-0.1, -0.05) is 11.8 Å². The minimum Gasteiger partial charge on any atom is -0.497 e. The molecule has 2 aromatic rings. The average molecular weight is 309 g/mol. The van der Waals surface area contributed by atoms with Gasteiger partial charge in [-0.15, -0.1) is 0 Å². The van der Waals surface area contributed by atoms with E-state index >= 15 is 0 Å². The number of ether oxygens (including phenoxy) is 2. The van der Waals surface area contributed by atoms with E-state index in [1.54, 1.807) is 14.2 Å². The molecule has 0 radical (unpaired) electrons. The van der Waals surface area contributed by atoms with Crippen LogP contribution in [0.2, 0.25) is 0 Å². The lowest BCUT2D eigenvalue weighted by atomic mass is 10.3. The molecule has 1 atom stereocenters. The van der Waals surface area contributed by atoms with E-state index in [0.29, 0.717) is 17.5 Å². The number of hydrogen-bond donors (Lipinski definition) is 2. The molecule has 0 saturated heterocycles. The number of methoxy groups -OCH3 is 2. The molecular weight excluding hydrogens is 290 g/mol. The largest absolute Gasteiger partial charge is 0.497 e. The van der Waals surface area contributed by atoms with Crippen molar-refractivity contribution in [2.75, 3.05) is 26.6 Å². The maximum Gasteiger partial charge on any atom is 0.230 e. The standard InChI is InChI=1S/C14H19N3O3S/c1-9(7-19-2)15-13(18)8-21-14-16-11-5-4-10(20-3)6-12(11)17-14/h4-6,9H,7-8H2,1-3H3,(H,15,18)(H,16,17)/t9-/m0/s1. The fraction of sp³-hybridized carbons (Fsp3) is 0.429. The summed E-state index contributed by atoms with van der Waals surface area (Å²) in [5, 5.41) is 3.57. The fourth-order valence-electron chi connectivity index (χ4n) is 1.90. The number of amides is 1. The number of thioether (sulfide) groups is 1. The Morgan fingerprint density at radius 2 is 2.29 bits per heavy atom. The van der Waals surface area contributed by atoms with Crippen LogP contribution in [0.15, 0.2) is 23.4 Å². The molecule has 7 heteroatoms. The van der Waals surface area contributed by atoms with Crippen LogP contribution >= 0.6 is 11.8 Å². The van der Waals surface area contributed by atoms with Crippen LogP contribution in [0.25, 0.3) is 11.0 Å². The molecule has 1 aromatic heterocycles. The molecule has 0 unspecified atom stereocenters. The molecule has 2 rings (SSSR count). The molecule has 1 aromatic carbocycles. The Hall–Kier alpha value is -1.73. The number of benzene rings is 1. The highest BCUT2D eigenvalue weighted by Crippen LogP contribution is 2.22. The van der Waals surface area contributed by atoms with Crippen LogP contribution in [0, 0.1) is 0 Å². The highest BCUT2D eigenvalue weighted by Gasteiger charge is 2.10. The Balaban J connectivity index is 1.92. The van der Waals surface area contributed by atoms with Crippen LogP contribution in [-0.2, 0) is 9.53 Å². The number of hydrogen-bond acceptors (Lipinski definition) is 5. The molecule has 1 amide bonds. The number of nitrogens with one attached hydrogen (secondary N) is 2. The topological polar surface area (TPSA) is 76.2 Å². The Bertz CT molecular complexity index is 615. The Morgan fingerprint density at radius 3 is 3.00 bits per heavy atom. The van der Waals surface area contributed by atoms with Gasteiger partial charge in [-0.25, -0.2) is 4.98 Å². The first kappa shape index (κ1) is 15.7. The lowest BCUT2D eigenvalue weighted by Crippen LogP contribution is -2.36. The summed E-state index contributed by atoms with van der Waals surface area (Å²) >= 11 is 1.37. The Labute approximate surface area is 127 Å². The minimum absolute atomic E-state index is 0.00281. The zero-order valence-corrected chi connectivity index (χ0v) is 13.1. The molecule has 0 saturated carbocycles. The van der Waals surface area contributed by atoms with E-state index in [9.17, 15) is 4.79 Å². The second kappa shape index (κ2) is 7.33. The summed E-state index contributed by atoms with van der Waals surface area (Å²) in [7, 11) is 3.23. The number of H-pyrrole nitrogens is 1. The van der Waals surface area contributed by atoms with Crippen LogP contribution in [0.4, 0.5) is 0 Å². The summed E-state index contributed by atoms with van der Waals surface area (Å²) in [5.41, 5.74) is 1.75. The quantitative estimate of drug-likeness (QED) is 0.763. The molecule has 0 aliphatic heterocycles. The molecule has 1 heterocycles. The second-order valence-electron chi connectivity index (χ2n) is 4.64. The second-order valence-corrected chi connectivity index (χ2v) is 5.60. The number of aromatic nitrogens is 2. The highest BCUT2D eigenvalue weighted by atomic mass is 32.2. The van der Waals surface area contributed by atoms with Gasteiger partial charge in [0.2, 0.25) is 5.91 Å². The highest BCUT2D eigenvalue weighted by molar-refractivity contribution is 7.99. The molecule has 2 N–H and O–H groups in total. The summed E-state index contributed by atoms with van der Waals surface area (Å²) in [5.74, 6) is 1.04. The first-order valence-corrected chi connectivity index (χ1v) is 7.55. The van der Waals surface area contributed by atoms with Gasteiger partial charge in [-0.05, 0) is 19.1 Å². The molecule has 21 heavy (non-hydrogen) atoms. The van der Waals surface area contributed by atoms with Crippen molar-refractivity contribution in [2.24, 2.45) is 0 Å². The monoisotopic (exact) mass is 309 g/mol. The molecule has 0 spiro atoms. The van der Waals surface area contributed by atoms with Crippen LogP contribution in [0.3, 0.4) is 0 Å². The molecular formula is C14H19N3O3S. The van der Waals surface area contributed by atoms with Crippen LogP contribution in [0.1, 0.15) is 6.92 Å². The predicted octanol–water partition coefficient (Wildman–Crippen LogP) is 1.81. The van der Waals surface area contributed by atoms with Gasteiger partial charge in [0.25, 0.3) is 0 Å². The SMILES string of the molecule is COC[C@H](C)NC(=O)CSc1nc2ccc(OC)cc2[nH]1. The summed E-state index contributed by atoms with van der Waals surface area (Å²) in [4.78, 5) is 19.4. The van der Waals surface area contributed by atoms with Crippen molar-refractivity contribution in [3.05, 3.63) is 18.2 Å². The van der Waals surface area contributed by atoms with Gasteiger partial charge in [-0.2, -0.15) is 0 Å². The van der Waals surface area contributed by atoms with E-state index in [1.807, 2.05) is 25.1 Å². The third kappa shape index (κ3) is 4.37. The van der Waals surface area contributed by atoms with Crippen molar-refractivity contribution < 1.29 is 14.3 Å². The number of carbonyl (C=O) groups is 1.